The van der Waals surface area contributed by atoms with Crippen LogP contribution in [0.15, 0.2) is 84.2 Å². The molecule has 1 heterocycles. The number of anilines is 1. The van der Waals surface area contributed by atoms with E-state index in [0.29, 0.717) is 12.5 Å². The molecule has 0 aliphatic carbocycles. The van der Waals surface area contributed by atoms with Crippen molar-refractivity contribution in [1.29, 1.82) is 0 Å². The summed E-state index contributed by atoms with van der Waals surface area (Å²) >= 11 is 0. The van der Waals surface area contributed by atoms with Crippen LogP contribution in [0.4, 0.5) is 5.95 Å². The number of fused-ring (bicyclic) bond motifs is 2. The number of methoxy groups -OCH3 is 2. The van der Waals surface area contributed by atoms with Gasteiger partial charge in [-0.05, 0) is 33.7 Å². The minimum atomic E-state index is 0.453. The number of rotatable bonds is 8. The number of benzene rings is 4. The molecular formula is C26H24N6O2. The summed E-state index contributed by atoms with van der Waals surface area (Å²) in [4.78, 5) is 0. The Hall–Kier alpha value is -4.43. The Kier molecular flexibility index (Phi) is 6.05. The molecule has 170 valence electrons. The summed E-state index contributed by atoms with van der Waals surface area (Å²) in [5.41, 5.74) is 8.24. The standard InChI is InChI=1S/C26H24N6O2/c1-33-24-13-11-18-7-3-5-9-20(18)22(24)15-27-30-26-31-28-17-32(26)29-16-23-21-10-6-4-8-19(21)12-14-25(23)34-2/h3-14,16-17,27H,15H2,1-2H3,(H,30,31)/b29-16-. The number of nitrogens with zero attached hydrogens (tertiary/aromatic N) is 4. The predicted molar refractivity (Wildman–Crippen MR) is 134 cm³/mol. The lowest BCUT2D eigenvalue weighted by atomic mass is 10.0. The van der Waals surface area contributed by atoms with Crippen LogP contribution in [0.2, 0.25) is 0 Å². The monoisotopic (exact) mass is 452 g/mol. The average Bonchev–Trinajstić information content (AvgIpc) is 3.34. The van der Waals surface area contributed by atoms with Crippen molar-refractivity contribution in [2.45, 2.75) is 6.54 Å². The molecule has 8 nitrogen and oxygen atoms in total. The van der Waals surface area contributed by atoms with Gasteiger partial charge in [-0.2, -0.15) is 9.78 Å². The Morgan fingerprint density at radius 2 is 1.53 bits per heavy atom. The maximum absolute atomic E-state index is 5.57. The first-order valence-corrected chi connectivity index (χ1v) is 10.8. The number of ether oxygens (including phenoxy) is 2. The maximum atomic E-state index is 5.57. The van der Waals surface area contributed by atoms with E-state index in [1.54, 1.807) is 25.1 Å². The molecule has 5 rings (SSSR count). The van der Waals surface area contributed by atoms with Crippen LogP contribution < -0.4 is 20.3 Å². The van der Waals surface area contributed by atoms with Gasteiger partial charge in [-0.25, -0.2) is 5.43 Å². The number of hydrogen-bond acceptors (Lipinski definition) is 7. The van der Waals surface area contributed by atoms with Crippen molar-refractivity contribution in [2.75, 3.05) is 19.6 Å². The van der Waals surface area contributed by atoms with Crippen molar-refractivity contribution in [3.8, 4) is 11.5 Å². The first-order chi connectivity index (χ1) is 16.8. The Bertz CT molecular complexity index is 1480. The van der Waals surface area contributed by atoms with E-state index in [1.165, 1.54) is 6.33 Å². The summed E-state index contributed by atoms with van der Waals surface area (Å²) in [7, 11) is 3.33. The second kappa shape index (κ2) is 9.60. The lowest BCUT2D eigenvalue weighted by Gasteiger charge is -2.13. The van der Waals surface area contributed by atoms with Gasteiger partial charge in [0, 0.05) is 17.7 Å². The van der Waals surface area contributed by atoms with Gasteiger partial charge in [0.2, 0.25) is 0 Å². The fraction of sp³-hybridized carbons (Fsp3) is 0.115. The average molecular weight is 453 g/mol. The van der Waals surface area contributed by atoms with Crippen LogP contribution in [-0.4, -0.2) is 35.3 Å². The lowest BCUT2D eigenvalue weighted by Crippen LogP contribution is -2.23. The second-order valence-electron chi connectivity index (χ2n) is 7.59. The molecule has 0 aliphatic heterocycles. The normalized spacial score (nSPS) is 11.4. The molecule has 0 atom stereocenters. The van der Waals surface area contributed by atoms with Crippen molar-refractivity contribution in [3.63, 3.8) is 0 Å². The van der Waals surface area contributed by atoms with Crippen molar-refractivity contribution < 1.29 is 9.47 Å². The third-order valence-corrected chi connectivity index (χ3v) is 5.68. The smallest absolute Gasteiger partial charge is 0.259 e. The fourth-order valence-corrected chi connectivity index (χ4v) is 4.00. The third kappa shape index (κ3) is 4.14. The molecule has 5 aromatic rings. The molecule has 2 N–H and O–H groups in total. The number of hydrogen-bond donors (Lipinski definition) is 2. The summed E-state index contributed by atoms with van der Waals surface area (Å²) in [6.45, 7) is 0.512. The van der Waals surface area contributed by atoms with E-state index in [-0.39, 0.29) is 0 Å². The van der Waals surface area contributed by atoms with Gasteiger partial charge in [0.25, 0.3) is 5.95 Å². The van der Waals surface area contributed by atoms with E-state index in [9.17, 15) is 0 Å². The van der Waals surface area contributed by atoms with Crippen LogP contribution in [0, 0.1) is 0 Å². The van der Waals surface area contributed by atoms with Crippen LogP contribution in [0.1, 0.15) is 11.1 Å². The summed E-state index contributed by atoms with van der Waals surface area (Å²) in [6.07, 6.45) is 3.29. The lowest BCUT2D eigenvalue weighted by molar-refractivity contribution is 0.409. The number of hydrazine groups is 1. The van der Waals surface area contributed by atoms with E-state index in [0.717, 1.165) is 44.2 Å². The molecule has 0 saturated heterocycles. The van der Waals surface area contributed by atoms with Crippen molar-refractivity contribution in [2.24, 2.45) is 5.10 Å². The Morgan fingerprint density at radius 3 is 2.29 bits per heavy atom. The first kappa shape index (κ1) is 21.4. The Balaban J connectivity index is 1.37. The molecule has 0 bridgehead atoms. The SMILES string of the molecule is COc1ccc2ccccc2c1/C=N\n1cnnc1NNCc1c(OC)ccc2ccccc12. The zero-order valence-electron chi connectivity index (χ0n) is 18.9. The molecule has 0 saturated carbocycles. The molecule has 0 aliphatic rings. The van der Waals surface area contributed by atoms with Crippen LogP contribution >= 0.6 is 0 Å². The van der Waals surface area contributed by atoms with Crippen LogP contribution in [-0.2, 0) is 6.54 Å². The van der Waals surface area contributed by atoms with E-state index in [1.807, 2.05) is 48.5 Å². The third-order valence-electron chi connectivity index (χ3n) is 5.68. The minimum absolute atomic E-state index is 0.453. The molecule has 8 heteroatoms. The zero-order valence-corrected chi connectivity index (χ0v) is 18.9. The Labute approximate surface area is 196 Å². The van der Waals surface area contributed by atoms with E-state index < -0.39 is 0 Å². The summed E-state index contributed by atoms with van der Waals surface area (Å²) in [6, 6.07) is 24.3. The quantitative estimate of drug-likeness (QED) is 0.264. The molecule has 4 aromatic carbocycles. The van der Waals surface area contributed by atoms with Crippen molar-refractivity contribution in [1.82, 2.24) is 20.3 Å². The summed E-state index contributed by atoms with van der Waals surface area (Å²) in [5, 5.41) is 17.1. The molecular weight excluding hydrogens is 428 g/mol. The van der Waals surface area contributed by atoms with Gasteiger partial charge in [0.1, 0.15) is 17.8 Å². The molecule has 0 radical (unpaired) electrons. The topological polar surface area (TPSA) is 85.6 Å². The number of nitrogens with one attached hydrogen (secondary N) is 2. The Morgan fingerprint density at radius 1 is 0.853 bits per heavy atom. The molecule has 0 spiro atoms. The van der Waals surface area contributed by atoms with Crippen LogP contribution in [0.25, 0.3) is 21.5 Å². The van der Waals surface area contributed by atoms with Crippen LogP contribution in [0.3, 0.4) is 0 Å². The highest BCUT2D eigenvalue weighted by Gasteiger charge is 2.10. The highest BCUT2D eigenvalue weighted by molar-refractivity contribution is 6.02. The highest BCUT2D eigenvalue weighted by atomic mass is 16.5. The zero-order chi connectivity index (χ0) is 23.3. The van der Waals surface area contributed by atoms with Gasteiger partial charge in [0.05, 0.1) is 20.4 Å². The minimum Gasteiger partial charge on any atom is -0.496 e. The van der Waals surface area contributed by atoms with E-state index in [4.69, 9.17) is 9.47 Å². The molecule has 0 fully saturated rings. The van der Waals surface area contributed by atoms with E-state index in [2.05, 4.69) is 50.4 Å². The first-order valence-electron chi connectivity index (χ1n) is 10.8. The molecule has 34 heavy (non-hydrogen) atoms. The van der Waals surface area contributed by atoms with Gasteiger partial charge >= 0.3 is 0 Å². The van der Waals surface area contributed by atoms with Gasteiger partial charge in [-0.15, -0.1) is 10.2 Å². The molecule has 1 aromatic heterocycles. The second-order valence-corrected chi connectivity index (χ2v) is 7.59. The van der Waals surface area contributed by atoms with Crippen molar-refractivity contribution in [3.05, 3.63) is 90.3 Å². The van der Waals surface area contributed by atoms with Gasteiger partial charge in [-0.1, -0.05) is 60.7 Å². The van der Waals surface area contributed by atoms with Gasteiger partial charge in [0.15, 0.2) is 0 Å². The van der Waals surface area contributed by atoms with Gasteiger partial charge in [-0.3, -0.25) is 5.43 Å². The van der Waals surface area contributed by atoms with Gasteiger partial charge < -0.3 is 9.47 Å². The predicted octanol–water partition coefficient (Wildman–Crippen LogP) is 4.60. The molecule has 0 unspecified atom stereocenters. The maximum Gasteiger partial charge on any atom is 0.259 e. The van der Waals surface area contributed by atoms with Crippen molar-refractivity contribution >= 4 is 33.7 Å². The highest BCUT2D eigenvalue weighted by Crippen LogP contribution is 2.28. The largest absolute Gasteiger partial charge is 0.496 e. The molecule has 0 amide bonds. The summed E-state index contributed by atoms with van der Waals surface area (Å²) in [5.74, 6) is 2.01. The summed E-state index contributed by atoms with van der Waals surface area (Å²) < 4.78 is 12.7. The fourth-order valence-electron chi connectivity index (χ4n) is 4.00. The van der Waals surface area contributed by atoms with E-state index >= 15 is 0 Å². The van der Waals surface area contributed by atoms with Crippen LogP contribution in [0.5, 0.6) is 11.5 Å². The number of aromatic nitrogens is 3.